The maximum atomic E-state index is 11.9. The molecule has 2 amide bonds. The third-order valence-corrected chi connectivity index (χ3v) is 3.58. The second kappa shape index (κ2) is 5.94. The molecule has 0 radical (unpaired) electrons. The molecule has 1 aliphatic rings. The monoisotopic (exact) mass is 281 g/mol. The third kappa shape index (κ3) is 3.28. The summed E-state index contributed by atoms with van der Waals surface area (Å²) in [6.07, 6.45) is 3.58. The zero-order chi connectivity index (χ0) is 14.6. The van der Waals surface area contributed by atoms with Gasteiger partial charge in [-0.05, 0) is 19.8 Å². The Hall–Kier alpha value is -2.05. The second-order valence-electron chi connectivity index (χ2n) is 5.18. The molecule has 7 heteroatoms. The van der Waals surface area contributed by atoms with Crippen LogP contribution < -0.4 is 10.6 Å². The van der Waals surface area contributed by atoms with Crippen LogP contribution in [0.4, 0.5) is 4.79 Å². The molecule has 0 spiro atoms. The van der Waals surface area contributed by atoms with Gasteiger partial charge in [-0.2, -0.15) is 0 Å². The molecular weight excluding hydrogens is 262 g/mol. The van der Waals surface area contributed by atoms with Crippen LogP contribution in [0.3, 0.4) is 0 Å². The lowest BCUT2D eigenvalue weighted by Crippen LogP contribution is -2.57. The molecule has 1 fully saturated rings. The maximum absolute atomic E-state index is 11.9. The van der Waals surface area contributed by atoms with Gasteiger partial charge in [-0.3, -0.25) is 0 Å². The molecule has 20 heavy (non-hydrogen) atoms. The summed E-state index contributed by atoms with van der Waals surface area (Å²) in [6.45, 7) is 1.97. The van der Waals surface area contributed by atoms with Crippen LogP contribution >= 0.6 is 0 Å². The molecule has 0 bridgehead atoms. The smallest absolute Gasteiger partial charge is 0.329 e. The van der Waals surface area contributed by atoms with Crippen LogP contribution in [0.1, 0.15) is 43.6 Å². The summed E-state index contributed by atoms with van der Waals surface area (Å²) in [7, 11) is 0. The van der Waals surface area contributed by atoms with Gasteiger partial charge in [0.15, 0.2) is 0 Å². The van der Waals surface area contributed by atoms with E-state index < -0.39 is 17.5 Å². The van der Waals surface area contributed by atoms with E-state index in [1.807, 2.05) is 0 Å². The average Bonchev–Trinajstić information content (AvgIpc) is 2.83. The number of carboxylic acid groups (broad SMARTS) is 1. The highest BCUT2D eigenvalue weighted by Gasteiger charge is 2.40. The van der Waals surface area contributed by atoms with Gasteiger partial charge < -0.3 is 20.3 Å². The third-order valence-electron chi connectivity index (χ3n) is 3.58. The molecule has 0 saturated heterocycles. The van der Waals surface area contributed by atoms with Crippen molar-refractivity contribution in [2.45, 2.75) is 51.1 Å². The normalized spacial score (nSPS) is 17.4. The molecule has 0 unspecified atom stereocenters. The minimum Gasteiger partial charge on any atom is -0.480 e. The SMILES string of the molecule is Cc1cc(CNC(=O)NC2(C(=O)O)CCCCC2)no1. The molecule has 0 atom stereocenters. The van der Waals surface area contributed by atoms with Crippen LogP contribution in [0.25, 0.3) is 0 Å². The van der Waals surface area contributed by atoms with Gasteiger partial charge in [-0.15, -0.1) is 0 Å². The molecule has 0 aromatic carbocycles. The van der Waals surface area contributed by atoms with E-state index in [1.54, 1.807) is 13.0 Å². The van der Waals surface area contributed by atoms with E-state index in [1.165, 1.54) is 0 Å². The first-order valence-corrected chi connectivity index (χ1v) is 6.73. The van der Waals surface area contributed by atoms with E-state index in [2.05, 4.69) is 15.8 Å². The Morgan fingerprint density at radius 2 is 2.10 bits per heavy atom. The number of carbonyl (C=O) groups is 2. The number of aliphatic carboxylic acids is 1. The van der Waals surface area contributed by atoms with Gasteiger partial charge in [-0.25, -0.2) is 9.59 Å². The zero-order valence-corrected chi connectivity index (χ0v) is 11.4. The molecule has 1 aliphatic carbocycles. The lowest BCUT2D eigenvalue weighted by atomic mass is 9.82. The number of aromatic nitrogens is 1. The average molecular weight is 281 g/mol. The van der Waals surface area contributed by atoms with Crippen LogP contribution in [0.5, 0.6) is 0 Å². The predicted octanol–water partition coefficient (Wildman–Crippen LogP) is 1.57. The number of hydrogen-bond acceptors (Lipinski definition) is 4. The highest BCUT2D eigenvalue weighted by molar-refractivity contribution is 5.86. The predicted molar refractivity (Wildman–Crippen MR) is 70.1 cm³/mol. The number of nitrogens with one attached hydrogen (secondary N) is 2. The number of nitrogens with zero attached hydrogens (tertiary/aromatic N) is 1. The number of carboxylic acids is 1. The molecule has 2 rings (SSSR count). The lowest BCUT2D eigenvalue weighted by Gasteiger charge is -2.33. The fraction of sp³-hybridized carbons (Fsp3) is 0.615. The second-order valence-corrected chi connectivity index (χ2v) is 5.18. The van der Waals surface area contributed by atoms with Gasteiger partial charge in [0.1, 0.15) is 17.0 Å². The highest BCUT2D eigenvalue weighted by Crippen LogP contribution is 2.28. The van der Waals surface area contributed by atoms with E-state index in [0.717, 1.165) is 19.3 Å². The zero-order valence-electron chi connectivity index (χ0n) is 11.4. The summed E-state index contributed by atoms with van der Waals surface area (Å²) in [5, 5.41) is 18.3. The molecule has 1 aromatic rings. The van der Waals surface area contributed by atoms with Gasteiger partial charge in [0.25, 0.3) is 0 Å². The summed E-state index contributed by atoms with van der Waals surface area (Å²) >= 11 is 0. The van der Waals surface area contributed by atoms with Gasteiger partial charge in [-0.1, -0.05) is 24.4 Å². The van der Waals surface area contributed by atoms with Crippen molar-refractivity contribution in [1.29, 1.82) is 0 Å². The van der Waals surface area contributed by atoms with E-state index >= 15 is 0 Å². The highest BCUT2D eigenvalue weighted by atomic mass is 16.5. The molecule has 7 nitrogen and oxygen atoms in total. The summed E-state index contributed by atoms with van der Waals surface area (Å²) in [5.41, 5.74) is -0.534. The number of rotatable bonds is 4. The van der Waals surface area contributed by atoms with Crippen LogP contribution in [0.2, 0.25) is 0 Å². The molecule has 1 aromatic heterocycles. The van der Waals surface area contributed by atoms with Crippen LogP contribution in [0, 0.1) is 6.92 Å². The standard InChI is InChI=1S/C13H19N3O4/c1-9-7-10(16-20-9)8-14-12(19)15-13(11(17)18)5-3-2-4-6-13/h7H,2-6,8H2,1H3,(H,17,18)(H2,14,15,19). The van der Waals surface area contributed by atoms with Crippen molar-refractivity contribution in [3.05, 3.63) is 17.5 Å². The van der Waals surface area contributed by atoms with E-state index in [0.29, 0.717) is 24.3 Å². The largest absolute Gasteiger partial charge is 0.480 e. The minimum atomic E-state index is -1.14. The van der Waals surface area contributed by atoms with Crippen molar-refractivity contribution in [3.8, 4) is 0 Å². The van der Waals surface area contributed by atoms with Crippen molar-refractivity contribution >= 4 is 12.0 Å². The molecule has 3 N–H and O–H groups in total. The van der Waals surface area contributed by atoms with Crippen molar-refractivity contribution in [1.82, 2.24) is 15.8 Å². The summed E-state index contributed by atoms with van der Waals surface area (Å²) < 4.78 is 4.89. The first-order chi connectivity index (χ1) is 9.52. The van der Waals surface area contributed by atoms with Crippen molar-refractivity contribution in [3.63, 3.8) is 0 Å². The first kappa shape index (κ1) is 14.4. The first-order valence-electron chi connectivity index (χ1n) is 6.73. The Kier molecular flexibility index (Phi) is 4.26. The van der Waals surface area contributed by atoms with E-state index in [9.17, 15) is 14.7 Å². The summed E-state index contributed by atoms with van der Waals surface area (Å²) in [4.78, 5) is 23.3. The number of aryl methyl sites for hydroxylation is 1. The number of hydrogen-bond donors (Lipinski definition) is 3. The number of urea groups is 1. The van der Waals surface area contributed by atoms with Crippen LogP contribution in [0.15, 0.2) is 10.6 Å². The Morgan fingerprint density at radius 3 is 2.65 bits per heavy atom. The topological polar surface area (TPSA) is 104 Å². The molecule has 110 valence electrons. The van der Waals surface area contributed by atoms with Gasteiger partial charge in [0.05, 0.1) is 6.54 Å². The van der Waals surface area contributed by atoms with Crippen LogP contribution in [-0.4, -0.2) is 27.8 Å². The fourth-order valence-electron chi connectivity index (χ4n) is 2.48. The van der Waals surface area contributed by atoms with Crippen molar-refractivity contribution in [2.75, 3.05) is 0 Å². The Morgan fingerprint density at radius 1 is 1.40 bits per heavy atom. The molecular formula is C13H19N3O4. The maximum Gasteiger partial charge on any atom is 0.329 e. The molecule has 0 aliphatic heterocycles. The lowest BCUT2D eigenvalue weighted by molar-refractivity contribution is -0.145. The number of carbonyl (C=O) groups excluding carboxylic acids is 1. The molecule has 1 saturated carbocycles. The summed E-state index contributed by atoms with van der Waals surface area (Å²) in [6, 6.07) is 1.23. The Bertz CT molecular complexity index is 492. The molecule has 1 heterocycles. The van der Waals surface area contributed by atoms with Gasteiger partial charge in [0, 0.05) is 6.07 Å². The van der Waals surface area contributed by atoms with Crippen molar-refractivity contribution < 1.29 is 19.2 Å². The fourth-order valence-corrected chi connectivity index (χ4v) is 2.48. The van der Waals surface area contributed by atoms with Crippen molar-refractivity contribution in [2.24, 2.45) is 0 Å². The quantitative estimate of drug-likeness (QED) is 0.777. The van der Waals surface area contributed by atoms with Gasteiger partial charge >= 0.3 is 12.0 Å². The van der Waals surface area contributed by atoms with E-state index in [-0.39, 0.29) is 6.54 Å². The van der Waals surface area contributed by atoms with Crippen LogP contribution in [-0.2, 0) is 11.3 Å². The Labute approximate surface area is 116 Å². The van der Waals surface area contributed by atoms with Gasteiger partial charge in [0.2, 0.25) is 0 Å². The Balaban J connectivity index is 1.90. The van der Waals surface area contributed by atoms with E-state index in [4.69, 9.17) is 4.52 Å². The summed E-state index contributed by atoms with van der Waals surface area (Å²) in [5.74, 6) is -0.305. The number of amides is 2. The minimum absolute atomic E-state index is 0.207.